The molecule has 1 aromatic carbocycles. The number of thiophene rings is 1. The number of hydrogen-bond donors (Lipinski definition) is 0. The third-order valence-corrected chi connectivity index (χ3v) is 7.09. The molecule has 0 saturated carbocycles. The average molecular weight is 472 g/mol. The molecule has 2 aromatic heterocycles. The van der Waals surface area contributed by atoms with Crippen LogP contribution in [-0.2, 0) is 17.6 Å². The first kappa shape index (κ1) is 20.1. The van der Waals surface area contributed by atoms with Crippen LogP contribution in [-0.4, -0.2) is 22.9 Å². The van der Waals surface area contributed by atoms with E-state index in [0.717, 1.165) is 34.4 Å². The molecule has 150 valence electrons. The zero-order chi connectivity index (χ0) is 20.5. The van der Waals surface area contributed by atoms with Crippen molar-refractivity contribution in [3.8, 4) is 5.69 Å². The number of Topliss-reactive ketones (excluding diaryl/α,β-unsaturated/α-hetero) is 1. The average Bonchev–Trinajstić information content (AvgIpc) is 3.27. The van der Waals surface area contributed by atoms with E-state index in [-0.39, 0.29) is 12.4 Å². The number of halogens is 1. The minimum absolute atomic E-state index is 0.184. The van der Waals surface area contributed by atoms with Gasteiger partial charge in [0.25, 0.3) is 0 Å². The van der Waals surface area contributed by atoms with E-state index >= 15 is 0 Å². The van der Waals surface area contributed by atoms with E-state index in [1.165, 1.54) is 34.6 Å². The van der Waals surface area contributed by atoms with Gasteiger partial charge in [0.1, 0.15) is 4.88 Å². The molecule has 0 unspecified atom stereocenters. The van der Waals surface area contributed by atoms with Crippen LogP contribution in [0.3, 0.4) is 0 Å². The second-order valence-corrected chi connectivity index (χ2v) is 9.41. The van der Waals surface area contributed by atoms with Gasteiger partial charge < -0.3 is 9.30 Å². The molecule has 2 heterocycles. The quantitative estimate of drug-likeness (QED) is 0.347. The normalized spacial score (nSPS) is 13.2. The Morgan fingerprint density at radius 2 is 1.83 bits per heavy atom. The van der Waals surface area contributed by atoms with Gasteiger partial charge in [0, 0.05) is 32.0 Å². The Bertz CT molecular complexity index is 1050. The molecule has 3 aromatic rings. The number of carbonyl (C=O) groups excluding carboxylic acids is 2. The molecule has 0 saturated heterocycles. The highest BCUT2D eigenvalue weighted by molar-refractivity contribution is 9.10. The Hall–Kier alpha value is -2.18. The van der Waals surface area contributed by atoms with E-state index in [0.29, 0.717) is 10.4 Å². The van der Waals surface area contributed by atoms with Gasteiger partial charge in [-0.15, -0.1) is 11.3 Å². The number of carbonyl (C=O) groups is 2. The number of nitrogens with zero attached hydrogens (tertiary/aromatic N) is 1. The Morgan fingerprint density at radius 1 is 1.10 bits per heavy atom. The zero-order valence-corrected chi connectivity index (χ0v) is 18.9. The van der Waals surface area contributed by atoms with Crippen molar-refractivity contribution in [3.05, 3.63) is 73.1 Å². The van der Waals surface area contributed by atoms with Crippen molar-refractivity contribution in [1.29, 1.82) is 0 Å². The summed E-state index contributed by atoms with van der Waals surface area (Å²) in [7, 11) is 0. The fraction of sp³-hybridized carbons (Fsp3) is 0.304. The highest BCUT2D eigenvalue weighted by Gasteiger charge is 2.21. The molecule has 0 atom stereocenters. The summed E-state index contributed by atoms with van der Waals surface area (Å²) < 4.78 is 8.39. The standard InChI is InChI=1S/C23H22BrNO3S/c1-14-11-19(15(2)25(14)18-9-7-17(24)8-10-18)20(26)13-28-23(27)22-12-16-5-3-4-6-21(16)29-22/h7-12H,3-6,13H2,1-2H3. The van der Waals surface area contributed by atoms with Gasteiger partial charge in [0.2, 0.25) is 5.78 Å². The maximum Gasteiger partial charge on any atom is 0.348 e. The molecule has 4 rings (SSSR count). The number of ether oxygens (including phenoxy) is 1. The van der Waals surface area contributed by atoms with Crippen molar-refractivity contribution in [3.63, 3.8) is 0 Å². The van der Waals surface area contributed by atoms with E-state index in [4.69, 9.17) is 4.74 Å². The lowest BCUT2D eigenvalue weighted by Gasteiger charge is -2.10. The number of fused-ring (bicyclic) bond motifs is 1. The summed E-state index contributed by atoms with van der Waals surface area (Å²) in [6, 6.07) is 11.7. The molecule has 0 fully saturated rings. The van der Waals surface area contributed by atoms with Crippen LogP contribution in [0.5, 0.6) is 0 Å². The summed E-state index contributed by atoms with van der Waals surface area (Å²) in [4.78, 5) is 27.1. The number of esters is 1. The largest absolute Gasteiger partial charge is 0.453 e. The second-order valence-electron chi connectivity index (χ2n) is 7.36. The van der Waals surface area contributed by atoms with E-state index in [1.54, 1.807) is 0 Å². The summed E-state index contributed by atoms with van der Waals surface area (Å²) in [5.41, 5.74) is 4.65. The smallest absolute Gasteiger partial charge is 0.348 e. The molecule has 1 aliphatic rings. The van der Waals surface area contributed by atoms with Crippen LogP contribution in [0.15, 0.2) is 40.9 Å². The van der Waals surface area contributed by atoms with E-state index in [9.17, 15) is 9.59 Å². The molecule has 0 radical (unpaired) electrons. The highest BCUT2D eigenvalue weighted by atomic mass is 79.9. The van der Waals surface area contributed by atoms with Crippen molar-refractivity contribution in [2.75, 3.05) is 6.61 Å². The first-order valence-electron chi connectivity index (χ1n) is 9.71. The summed E-state index contributed by atoms with van der Waals surface area (Å²) in [5, 5.41) is 0. The monoisotopic (exact) mass is 471 g/mol. The minimum Gasteiger partial charge on any atom is -0.453 e. The summed E-state index contributed by atoms with van der Waals surface area (Å²) >= 11 is 4.95. The predicted octanol–water partition coefficient (Wildman–Crippen LogP) is 5.84. The van der Waals surface area contributed by atoms with Gasteiger partial charge in [0.05, 0.1) is 0 Å². The number of aromatic nitrogens is 1. The Kier molecular flexibility index (Phi) is 5.74. The molecule has 0 aliphatic heterocycles. The number of rotatable bonds is 5. The lowest BCUT2D eigenvalue weighted by Crippen LogP contribution is -2.14. The maximum absolute atomic E-state index is 12.8. The zero-order valence-electron chi connectivity index (χ0n) is 16.5. The van der Waals surface area contributed by atoms with E-state index in [2.05, 4.69) is 15.9 Å². The van der Waals surface area contributed by atoms with Crippen LogP contribution in [0.2, 0.25) is 0 Å². The SMILES string of the molecule is Cc1cc(C(=O)COC(=O)c2cc3c(s2)CCCC3)c(C)n1-c1ccc(Br)cc1. The lowest BCUT2D eigenvalue weighted by atomic mass is 9.99. The minimum atomic E-state index is -0.403. The fourth-order valence-corrected chi connectivity index (χ4v) is 5.32. The Labute approximate surface area is 182 Å². The third-order valence-electron chi connectivity index (χ3n) is 5.35. The van der Waals surface area contributed by atoms with Crippen molar-refractivity contribution in [1.82, 2.24) is 4.57 Å². The Morgan fingerprint density at radius 3 is 2.55 bits per heavy atom. The topological polar surface area (TPSA) is 48.3 Å². The van der Waals surface area contributed by atoms with Gasteiger partial charge in [-0.05, 0) is 81.5 Å². The van der Waals surface area contributed by atoms with Gasteiger partial charge in [-0.2, -0.15) is 0 Å². The third kappa shape index (κ3) is 4.09. The second kappa shape index (κ2) is 8.28. The van der Waals surface area contributed by atoms with E-state index in [1.807, 2.05) is 54.8 Å². The van der Waals surface area contributed by atoms with Crippen LogP contribution in [0.1, 0.15) is 54.7 Å². The molecular weight excluding hydrogens is 450 g/mol. The molecule has 29 heavy (non-hydrogen) atoms. The predicted molar refractivity (Wildman–Crippen MR) is 119 cm³/mol. The van der Waals surface area contributed by atoms with Gasteiger partial charge in [-0.1, -0.05) is 15.9 Å². The summed E-state index contributed by atoms with van der Waals surface area (Å²) in [6.45, 7) is 3.64. The number of benzene rings is 1. The van der Waals surface area contributed by atoms with Crippen molar-refractivity contribution < 1.29 is 14.3 Å². The first-order valence-corrected chi connectivity index (χ1v) is 11.3. The van der Waals surface area contributed by atoms with Crippen LogP contribution in [0.25, 0.3) is 5.69 Å². The van der Waals surface area contributed by atoms with Crippen LogP contribution in [0.4, 0.5) is 0 Å². The summed E-state index contributed by atoms with van der Waals surface area (Å²) in [5.74, 6) is -0.587. The first-order chi connectivity index (χ1) is 13.9. The van der Waals surface area contributed by atoms with Gasteiger partial charge in [0.15, 0.2) is 6.61 Å². The molecule has 6 heteroatoms. The Balaban J connectivity index is 1.47. The fourth-order valence-electron chi connectivity index (χ4n) is 3.90. The molecule has 0 amide bonds. The molecule has 1 aliphatic carbocycles. The molecule has 0 N–H and O–H groups in total. The highest BCUT2D eigenvalue weighted by Crippen LogP contribution is 2.30. The molecule has 0 spiro atoms. The molecule has 4 nitrogen and oxygen atoms in total. The van der Waals surface area contributed by atoms with Crippen molar-refractivity contribution in [2.24, 2.45) is 0 Å². The van der Waals surface area contributed by atoms with Crippen molar-refractivity contribution in [2.45, 2.75) is 39.5 Å². The number of aryl methyl sites for hydroxylation is 3. The van der Waals surface area contributed by atoms with Crippen LogP contribution < -0.4 is 0 Å². The van der Waals surface area contributed by atoms with Gasteiger partial charge >= 0.3 is 5.97 Å². The lowest BCUT2D eigenvalue weighted by molar-refractivity contribution is 0.0479. The van der Waals surface area contributed by atoms with Gasteiger partial charge in [-0.3, -0.25) is 4.79 Å². The van der Waals surface area contributed by atoms with Crippen molar-refractivity contribution >= 4 is 39.0 Å². The number of ketones is 1. The van der Waals surface area contributed by atoms with Gasteiger partial charge in [-0.25, -0.2) is 4.79 Å². The maximum atomic E-state index is 12.8. The summed E-state index contributed by atoms with van der Waals surface area (Å²) in [6.07, 6.45) is 4.41. The number of hydrogen-bond acceptors (Lipinski definition) is 4. The van der Waals surface area contributed by atoms with Crippen LogP contribution in [0, 0.1) is 13.8 Å². The van der Waals surface area contributed by atoms with E-state index < -0.39 is 5.97 Å². The molecule has 0 bridgehead atoms. The van der Waals surface area contributed by atoms with Crippen LogP contribution >= 0.6 is 27.3 Å². The molecular formula is C23H22BrNO3S.